The van der Waals surface area contributed by atoms with E-state index < -0.39 is 5.41 Å². The van der Waals surface area contributed by atoms with E-state index in [-0.39, 0.29) is 5.91 Å². The van der Waals surface area contributed by atoms with Gasteiger partial charge in [0, 0.05) is 31.9 Å². The van der Waals surface area contributed by atoms with Crippen LogP contribution in [0.2, 0.25) is 0 Å². The van der Waals surface area contributed by atoms with Gasteiger partial charge < -0.3 is 9.64 Å². The van der Waals surface area contributed by atoms with Crippen molar-refractivity contribution in [2.45, 2.75) is 44.4 Å². The van der Waals surface area contributed by atoms with E-state index in [2.05, 4.69) is 18.0 Å². The normalized spacial score (nSPS) is 18.5. The van der Waals surface area contributed by atoms with Crippen LogP contribution in [0.5, 0.6) is 11.5 Å². The van der Waals surface area contributed by atoms with Crippen LogP contribution in [0.3, 0.4) is 0 Å². The van der Waals surface area contributed by atoms with Crippen molar-refractivity contribution >= 4 is 5.91 Å². The van der Waals surface area contributed by atoms with E-state index in [1.165, 1.54) is 0 Å². The molecule has 0 aliphatic carbocycles. The zero-order chi connectivity index (χ0) is 23.3. The van der Waals surface area contributed by atoms with E-state index in [0.29, 0.717) is 23.5 Å². The molecule has 5 heteroatoms. The summed E-state index contributed by atoms with van der Waals surface area (Å²) in [6.07, 6.45) is 6.04. The minimum atomic E-state index is -0.538. The van der Waals surface area contributed by atoms with Crippen molar-refractivity contribution in [1.29, 1.82) is 5.26 Å². The molecule has 1 aliphatic heterocycles. The second-order valence-electron chi connectivity index (χ2n) is 8.69. The van der Waals surface area contributed by atoms with Crippen LogP contribution in [-0.4, -0.2) is 29.4 Å². The molecule has 1 amide bonds. The first-order valence-electron chi connectivity index (χ1n) is 11.5. The van der Waals surface area contributed by atoms with Gasteiger partial charge in [-0.1, -0.05) is 37.6 Å². The summed E-state index contributed by atoms with van der Waals surface area (Å²) in [5, 5.41) is 9.62. The van der Waals surface area contributed by atoms with Gasteiger partial charge >= 0.3 is 0 Å². The van der Waals surface area contributed by atoms with Gasteiger partial charge in [-0.05, 0) is 66.8 Å². The smallest absolute Gasteiger partial charge is 0.232 e. The SMILES string of the molecule is CCC1(c2cccc(Oc3cc(Cc4ccccn4)ccc3C#N)c2)CCCCN(C)C1=O. The quantitative estimate of drug-likeness (QED) is 0.499. The summed E-state index contributed by atoms with van der Waals surface area (Å²) in [6.45, 7) is 2.88. The number of rotatable bonds is 6. The van der Waals surface area contributed by atoms with Gasteiger partial charge in [0.05, 0.1) is 11.0 Å². The van der Waals surface area contributed by atoms with Gasteiger partial charge in [-0.2, -0.15) is 5.26 Å². The molecule has 168 valence electrons. The highest BCUT2D eigenvalue weighted by molar-refractivity contribution is 5.88. The predicted molar refractivity (Wildman–Crippen MR) is 128 cm³/mol. The molecule has 3 aromatic rings. The van der Waals surface area contributed by atoms with E-state index in [4.69, 9.17) is 4.74 Å². The van der Waals surface area contributed by atoms with Crippen molar-refractivity contribution in [2.75, 3.05) is 13.6 Å². The average molecular weight is 440 g/mol. The summed E-state index contributed by atoms with van der Waals surface area (Å²) in [6, 6.07) is 21.5. The second kappa shape index (κ2) is 9.87. The Morgan fingerprint density at radius 2 is 2.00 bits per heavy atom. The Balaban J connectivity index is 1.65. The number of nitriles is 1. The monoisotopic (exact) mass is 439 g/mol. The summed E-state index contributed by atoms with van der Waals surface area (Å²) in [5.41, 5.74) is 2.88. The fourth-order valence-corrected chi connectivity index (χ4v) is 4.70. The average Bonchev–Trinajstić information content (AvgIpc) is 2.99. The Labute approximate surface area is 195 Å². The molecule has 0 N–H and O–H groups in total. The van der Waals surface area contributed by atoms with E-state index in [1.807, 2.05) is 66.5 Å². The van der Waals surface area contributed by atoms with Crippen LogP contribution in [0.15, 0.2) is 66.9 Å². The molecular weight excluding hydrogens is 410 g/mol. The lowest BCUT2D eigenvalue weighted by atomic mass is 9.73. The third-order valence-corrected chi connectivity index (χ3v) is 6.60. The first-order valence-corrected chi connectivity index (χ1v) is 11.5. The molecule has 1 aliphatic rings. The Kier molecular flexibility index (Phi) is 6.74. The third kappa shape index (κ3) is 4.75. The summed E-state index contributed by atoms with van der Waals surface area (Å²) in [4.78, 5) is 19.6. The predicted octanol–water partition coefficient (Wildman–Crippen LogP) is 5.63. The third-order valence-electron chi connectivity index (χ3n) is 6.60. The number of benzene rings is 2. The number of carbonyl (C=O) groups is 1. The molecule has 0 bridgehead atoms. The highest BCUT2D eigenvalue weighted by Crippen LogP contribution is 2.39. The first-order chi connectivity index (χ1) is 16.1. The molecule has 1 fully saturated rings. The molecule has 1 unspecified atom stereocenters. The first kappa shape index (κ1) is 22.5. The molecule has 1 aromatic heterocycles. The Morgan fingerprint density at radius 1 is 1.12 bits per heavy atom. The van der Waals surface area contributed by atoms with Crippen molar-refractivity contribution in [2.24, 2.45) is 0 Å². The van der Waals surface area contributed by atoms with Crippen molar-refractivity contribution < 1.29 is 9.53 Å². The number of nitrogens with zero attached hydrogens (tertiary/aromatic N) is 3. The zero-order valence-electron chi connectivity index (χ0n) is 19.3. The Hall–Kier alpha value is -3.65. The molecule has 2 heterocycles. The van der Waals surface area contributed by atoms with Crippen LogP contribution in [0.25, 0.3) is 0 Å². The van der Waals surface area contributed by atoms with Crippen LogP contribution in [0, 0.1) is 11.3 Å². The van der Waals surface area contributed by atoms with E-state index in [1.54, 1.807) is 12.3 Å². The minimum absolute atomic E-state index is 0.176. The van der Waals surface area contributed by atoms with Gasteiger partial charge in [-0.25, -0.2) is 0 Å². The van der Waals surface area contributed by atoms with Gasteiger partial charge in [0.2, 0.25) is 5.91 Å². The highest BCUT2D eigenvalue weighted by Gasteiger charge is 2.41. The molecule has 1 saturated heterocycles. The van der Waals surface area contributed by atoms with Crippen LogP contribution in [0.1, 0.15) is 55.0 Å². The van der Waals surface area contributed by atoms with Crippen molar-refractivity contribution in [3.63, 3.8) is 0 Å². The fraction of sp³-hybridized carbons (Fsp3) is 0.321. The molecular formula is C28H29N3O2. The number of aromatic nitrogens is 1. The number of carbonyl (C=O) groups excluding carboxylic acids is 1. The number of likely N-dealkylation sites (N-methyl/N-ethyl adjacent to an activating group) is 1. The lowest BCUT2D eigenvalue weighted by molar-refractivity contribution is -0.135. The highest BCUT2D eigenvalue weighted by atomic mass is 16.5. The van der Waals surface area contributed by atoms with Gasteiger partial charge in [-0.15, -0.1) is 0 Å². The van der Waals surface area contributed by atoms with Crippen molar-refractivity contribution in [1.82, 2.24) is 9.88 Å². The Bertz CT molecular complexity index is 1170. The molecule has 1 atom stereocenters. The van der Waals surface area contributed by atoms with Gasteiger partial charge in [0.25, 0.3) is 0 Å². The van der Waals surface area contributed by atoms with Gasteiger partial charge in [0.15, 0.2) is 0 Å². The molecule has 0 spiro atoms. The summed E-state index contributed by atoms with van der Waals surface area (Å²) in [7, 11) is 1.89. The van der Waals surface area contributed by atoms with Crippen LogP contribution in [0.4, 0.5) is 0 Å². The number of hydrogen-bond donors (Lipinski definition) is 0. The maximum absolute atomic E-state index is 13.3. The molecule has 4 rings (SSSR count). The summed E-state index contributed by atoms with van der Waals surface area (Å²) in [5.74, 6) is 1.32. The van der Waals surface area contributed by atoms with Crippen LogP contribution >= 0.6 is 0 Å². The Morgan fingerprint density at radius 3 is 2.76 bits per heavy atom. The minimum Gasteiger partial charge on any atom is -0.456 e. The topological polar surface area (TPSA) is 66.2 Å². The zero-order valence-corrected chi connectivity index (χ0v) is 19.3. The molecule has 0 radical (unpaired) electrons. The molecule has 33 heavy (non-hydrogen) atoms. The lowest BCUT2D eigenvalue weighted by Crippen LogP contribution is -2.43. The summed E-state index contributed by atoms with van der Waals surface area (Å²) < 4.78 is 6.23. The summed E-state index contributed by atoms with van der Waals surface area (Å²) >= 11 is 0. The molecule has 0 saturated carbocycles. The maximum Gasteiger partial charge on any atom is 0.232 e. The number of hydrogen-bond acceptors (Lipinski definition) is 4. The molecule has 2 aromatic carbocycles. The maximum atomic E-state index is 13.3. The van der Waals surface area contributed by atoms with Crippen molar-refractivity contribution in [3.05, 3.63) is 89.2 Å². The number of likely N-dealkylation sites (tertiary alicyclic amines) is 1. The van der Waals surface area contributed by atoms with E-state index in [9.17, 15) is 10.1 Å². The number of amides is 1. The van der Waals surface area contributed by atoms with E-state index >= 15 is 0 Å². The lowest BCUT2D eigenvalue weighted by Gasteiger charge is -2.33. The van der Waals surface area contributed by atoms with Crippen LogP contribution in [-0.2, 0) is 16.6 Å². The van der Waals surface area contributed by atoms with Crippen molar-refractivity contribution in [3.8, 4) is 17.6 Å². The molecule has 5 nitrogen and oxygen atoms in total. The van der Waals surface area contributed by atoms with Gasteiger partial charge in [0.1, 0.15) is 17.6 Å². The second-order valence-corrected chi connectivity index (χ2v) is 8.69. The number of pyridine rings is 1. The fourth-order valence-electron chi connectivity index (χ4n) is 4.70. The van der Waals surface area contributed by atoms with Gasteiger partial charge in [-0.3, -0.25) is 9.78 Å². The standard InChI is InChI=1S/C28H29N3O2/c1-3-28(14-5-7-16-31(2)27(28)32)23-9-8-11-25(19-23)33-26-18-21(12-13-22(26)20-29)17-24-10-4-6-15-30-24/h4,6,8-13,15,18-19H,3,5,7,14,16-17H2,1-2H3. The van der Waals surface area contributed by atoms with Crippen LogP contribution < -0.4 is 4.74 Å². The largest absolute Gasteiger partial charge is 0.456 e. The van der Waals surface area contributed by atoms with E-state index in [0.717, 1.165) is 49.0 Å². The number of ether oxygens (including phenoxy) is 1.